The van der Waals surface area contributed by atoms with E-state index < -0.39 is 5.97 Å². The molecule has 2 heterocycles. The first-order valence-electron chi connectivity index (χ1n) is 7.55. The number of carboxylic acids is 1. The van der Waals surface area contributed by atoms with Crippen molar-refractivity contribution in [3.05, 3.63) is 10.6 Å². The molecule has 5 heteroatoms. The smallest absolute Gasteiger partial charge is 0.355 e. The average molecular weight is 294 g/mol. The second-order valence-electron chi connectivity index (χ2n) is 6.25. The molecule has 1 aromatic rings. The number of thiazole rings is 1. The molecule has 1 aliphatic heterocycles. The summed E-state index contributed by atoms with van der Waals surface area (Å²) in [7, 11) is 0. The van der Waals surface area contributed by atoms with Crippen LogP contribution in [0.4, 0.5) is 5.13 Å². The molecule has 1 spiro atoms. The van der Waals surface area contributed by atoms with Gasteiger partial charge < -0.3 is 10.0 Å². The van der Waals surface area contributed by atoms with Gasteiger partial charge in [0.1, 0.15) is 0 Å². The lowest BCUT2D eigenvalue weighted by atomic mass is 9.68. The van der Waals surface area contributed by atoms with Gasteiger partial charge in [-0.25, -0.2) is 9.78 Å². The van der Waals surface area contributed by atoms with E-state index in [-0.39, 0.29) is 5.69 Å². The van der Waals surface area contributed by atoms with E-state index in [0.717, 1.165) is 23.1 Å². The van der Waals surface area contributed by atoms with Crippen molar-refractivity contribution in [2.75, 3.05) is 18.0 Å². The zero-order valence-electron chi connectivity index (χ0n) is 12.0. The topological polar surface area (TPSA) is 53.4 Å². The zero-order chi connectivity index (χ0) is 14.2. The average Bonchev–Trinajstić information content (AvgIpc) is 2.83. The van der Waals surface area contributed by atoms with Crippen LogP contribution in [0.2, 0.25) is 0 Å². The maximum atomic E-state index is 11.1. The first-order valence-corrected chi connectivity index (χ1v) is 8.37. The van der Waals surface area contributed by atoms with Crippen molar-refractivity contribution in [2.24, 2.45) is 5.41 Å². The summed E-state index contributed by atoms with van der Waals surface area (Å²) in [5.74, 6) is -0.911. The molecule has 110 valence electrons. The van der Waals surface area contributed by atoms with Crippen molar-refractivity contribution in [3.8, 4) is 0 Å². The van der Waals surface area contributed by atoms with Crippen LogP contribution in [0, 0.1) is 12.3 Å². The highest BCUT2D eigenvalue weighted by Gasteiger charge is 2.36. The molecule has 20 heavy (non-hydrogen) atoms. The molecule has 0 amide bonds. The fourth-order valence-corrected chi connectivity index (χ4v) is 4.64. The van der Waals surface area contributed by atoms with Crippen LogP contribution >= 0.6 is 11.3 Å². The number of carbonyl (C=O) groups is 1. The van der Waals surface area contributed by atoms with E-state index in [0.29, 0.717) is 5.41 Å². The number of rotatable bonds is 2. The first-order chi connectivity index (χ1) is 9.60. The van der Waals surface area contributed by atoms with Crippen molar-refractivity contribution in [1.82, 2.24) is 4.98 Å². The monoisotopic (exact) mass is 294 g/mol. The zero-order valence-corrected chi connectivity index (χ0v) is 12.8. The Morgan fingerprint density at radius 1 is 1.20 bits per heavy atom. The number of aromatic nitrogens is 1. The molecule has 0 bridgehead atoms. The highest BCUT2D eigenvalue weighted by atomic mass is 32.1. The minimum atomic E-state index is -0.911. The van der Waals surface area contributed by atoms with Gasteiger partial charge in [-0.05, 0) is 38.0 Å². The lowest BCUT2D eigenvalue weighted by molar-refractivity contribution is 0.0690. The Bertz CT molecular complexity index is 496. The second-order valence-corrected chi connectivity index (χ2v) is 7.44. The molecule has 1 saturated carbocycles. The number of anilines is 1. The molecule has 0 aromatic carbocycles. The third kappa shape index (κ3) is 2.55. The summed E-state index contributed by atoms with van der Waals surface area (Å²) >= 11 is 1.52. The van der Waals surface area contributed by atoms with Crippen molar-refractivity contribution >= 4 is 22.4 Å². The van der Waals surface area contributed by atoms with Crippen LogP contribution in [-0.4, -0.2) is 29.1 Å². The number of carboxylic acid groups (broad SMARTS) is 1. The Hall–Kier alpha value is -1.10. The Morgan fingerprint density at radius 3 is 2.40 bits per heavy atom. The molecule has 1 aromatic heterocycles. The van der Waals surface area contributed by atoms with Crippen molar-refractivity contribution in [2.45, 2.75) is 51.9 Å². The molecule has 1 saturated heterocycles. The summed E-state index contributed by atoms with van der Waals surface area (Å²) in [6.45, 7) is 3.91. The Kier molecular flexibility index (Phi) is 3.71. The third-order valence-corrected chi connectivity index (χ3v) is 6.03. The molecule has 2 aliphatic rings. The van der Waals surface area contributed by atoms with Gasteiger partial charge in [0.05, 0.1) is 0 Å². The van der Waals surface area contributed by atoms with Gasteiger partial charge in [0.25, 0.3) is 0 Å². The summed E-state index contributed by atoms with van der Waals surface area (Å²) < 4.78 is 0. The highest BCUT2D eigenvalue weighted by Crippen LogP contribution is 2.45. The van der Waals surface area contributed by atoms with Crippen LogP contribution in [0.25, 0.3) is 0 Å². The summed E-state index contributed by atoms with van der Waals surface area (Å²) in [6, 6.07) is 0. The van der Waals surface area contributed by atoms with Crippen LogP contribution in [-0.2, 0) is 0 Å². The van der Waals surface area contributed by atoms with E-state index in [1.54, 1.807) is 0 Å². The number of piperidine rings is 1. The highest BCUT2D eigenvalue weighted by molar-refractivity contribution is 7.15. The van der Waals surface area contributed by atoms with Gasteiger partial charge in [-0.2, -0.15) is 0 Å². The summed E-state index contributed by atoms with van der Waals surface area (Å²) in [5.41, 5.74) is 0.805. The Balaban J connectivity index is 1.68. The van der Waals surface area contributed by atoms with Gasteiger partial charge in [0, 0.05) is 18.0 Å². The predicted molar refractivity (Wildman–Crippen MR) is 80.8 cm³/mol. The predicted octanol–water partition coefficient (Wildman–Crippen LogP) is 3.70. The van der Waals surface area contributed by atoms with Crippen LogP contribution in [0.3, 0.4) is 0 Å². The Labute approximate surface area is 123 Å². The SMILES string of the molecule is Cc1sc(N2CCC3(CCCCC3)CC2)nc1C(=O)O. The molecular formula is C15H22N2O2S. The largest absolute Gasteiger partial charge is 0.476 e. The molecule has 1 aliphatic carbocycles. The fraction of sp³-hybridized carbons (Fsp3) is 0.733. The molecule has 0 unspecified atom stereocenters. The molecular weight excluding hydrogens is 272 g/mol. The summed E-state index contributed by atoms with van der Waals surface area (Å²) in [6.07, 6.45) is 9.44. The van der Waals surface area contributed by atoms with E-state index in [9.17, 15) is 4.79 Å². The number of aromatic carboxylic acids is 1. The van der Waals surface area contributed by atoms with Crippen molar-refractivity contribution in [1.29, 1.82) is 0 Å². The van der Waals surface area contributed by atoms with Gasteiger partial charge >= 0.3 is 5.97 Å². The van der Waals surface area contributed by atoms with Gasteiger partial charge in [-0.15, -0.1) is 11.3 Å². The minimum absolute atomic E-state index is 0.225. The number of hydrogen-bond donors (Lipinski definition) is 1. The second kappa shape index (κ2) is 5.35. The normalized spacial score (nSPS) is 22.1. The quantitative estimate of drug-likeness (QED) is 0.903. The van der Waals surface area contributed by atoms with Crippen LogP contribution in [0.5, 0.6) is 0 Å². The van der Waals surface area contributed by atoms with Gasteiger partial charge in [0.2, 0.25) is 0 Å². The third-order valence-electron chi connectivity index (χ3n) is 5.00. The maximum Gasteiger partial charge on any atom is 0.355 e. The first kappa shape index (κ1) is 13.9. The summed E-state index contributed by atoms with van der Waals surface area (Å²) in [5, 5.41) is 10.00. The van der Waals surface area contributed by atoms with Gasteiger partial charge in [0.15, 0.2) is 10.8 Å². The molecule has 0 atom stereocenters. The van der Waals surface area contributed by atoms with Gasteiger partial charge in [-0.3, -0.25) is 0 Å². The molecule has 1 N–H and O–H groups in total. The number of hydrogen-bond acceptors (Lipinski definition) is 4. The number of aryl methyl sites for hydroxylation is 1. The van der Waals surface area contributed by atoms with E-state index in [2.05, 4.69) is 9.88 Å². The van der Waals surface area contributed by atoms with E-state index in [4.69, 9.17) is 5.11 Å². The fourth-order valence-electron chi connectivity index (χ4n) is 3.69. The van der Waals surface area contributed by atoms with Crippen LogP contribution in [0.1, 0.15) is 60.3 Å². The van der Waals surface area contributed by atoms with Crippen molar-refractivity contribution in [3.63, 3.8) is 0 Å². The van der Waals surface area contributed by atoms with Crippen LogP contribution in [0.15, 0.2) is 0 Å². The molecule has 2 fully saturated rings. The van der Waals surface area contributed by atoms with Crippen molar-refractivity contribution < 1.29 is 9.90 Å². The van der Waals surface area contributed by atoms with E-state index in [1.807, 2.05) is 6.92 Å². The molecule has 3 rings (SSSR count). The summed E-state index contributed by atoms with van der Waals surface area (Å²) in [4.78, 5) is 18.5. The van der Waals surface area contributed by atoms with Gasteiger partial charge in [-0.1, -0.05) is 19.3 Å². The van der Waals surface area contributed by atoms with Crippen LogP contribution < -0.4 is 4.90 Å². The standard InChI is InChI=1S/C15H22N2O2S/c1-11-12(13(18)19)16-14(20-11)17-9-7-15(8-10-17)5-3-2-4-6-15/h2-10H2,1H3,(H,18,19). The minimum Gasteiger partial charge on any atom is -0.476 e. The van der Waals surface area contributed by atoms with E-state index >= 15 is 0 Å². The van der Waals surface area contributed by atoms with E-state index in [1.165, 1.54) is 56.3 Å². The Morgan fingerprint density at radius 2 is 1.85 bits per heavy atom. The lowest BCUT2D eigenvalue weighted by Gasteiger charge is -2.44. The lowest BCUT2D eigenvalue weighted by Crippen LogP contribution is -2.41. The molecule has 4 nitrogen and oxygen atoms in total. The maximum absolute atomic E-state index is 11.1. The molecule has 0 radical (unpaired) electrons. The number of nitrogens with zero attached hydrogens (tertiary/aromatic N) is 2.